The summed E-state index contributed by atoms with van der Waals surface area (Å²) in [5.74, 6) is 1.50. The highest BCUT2D eigenvalue weighted by Crippen LogP contribution is 2.54. The second kappa shape index (κ2) is 5.75. The molecule has 3 aromatic rings. The number of aromatic nitrogens is 3. The lowest BCUT2D eigenvalue weighted by atomic mass is 10.1. The molecule has 0 radical (unpaired) electrons. The van der Waals surface area contributed by atoms with E-state index in [4.69, 9.17) is 9.66 Å². The van der Waals surface area contributed by atoms with Gasteiger partial charge in [-0.15, -0.1) is 0 Å². The number of benzene rings is 1. The third-order valence-corrected chi connectivity index (χ3v) is 5.18. The van der Waals surface area contributed by atoms with Crippen LogP contribution in [0.4, 0.5) is 0 Å². The van der Waals surface area contributed by atoms with Crippen LogP contribution >= 0.6 is 0 Å². The van der Waals surface area contributed by atoms with Crippen LogP contribution in [0.15, 0.2) is 52.0 Å². The third-order valence-electron chi connectivity index (χ3n) is 4.37. The summed E-state index contributed by atoms with van der Waals surface area (Å²) in [5, 5.41) is 9.05. The predicted molar refractivity (Wildman–Crippen MR) is 90.2 cm³/mol. The van der Waals surface area contributed by atoms with Gasteiger partial charge >= 0.3 is 0 Å². The van der Waals surface area contributed by atoms with Gasteiger partial charge in [0.1, 0.15) is 0 Å². The first-order chi connectivity index (χ1) is 11.9. The van der Waals surface area contributed by atoms with Crippen LogP contribution < -0.4 is 5.14 Å². The van der Waals surface area contributed by atoms with E-state index >= 15 is 0 Å². The van der Waals surface area contributed by atoms with E-state index in [1.165, 1.54) is 6.07 Å². The molecular weight excluding hydrogens is 340 g/mol. The standard InChI is InChI=1S/C17H16N4O3S/c1-10-12(7-8-15(19-10)25(18,22)23)13-9-14(13)17-20-16(21-24-17)11-5-3-2-4-6-11/h2-8,13-14H,9H2,1H3,(H2,18,22,23). The molecule has 128 valence electrons. The van der Waals surface area contributed by atoms with Gasteiger partial charge in [0, 0.05) is 17.2 Å². The van der Waals surface area contributed by atoms with Gasteiger partial charge in [-0.2, -0.15) is 4.98 Å². The molecule has 1 fully saturated rings. The lowest BCUT2D eigenvalue weighted by molar-refractivity contribution is 0.378. The molecular formula is C17H16N4O3S. The molecule has 25 heavy (non-hydrogen) atoms. The zero-order chi connectivity index (χ0) is 17.6. The number of rotatable bonds is 4. The minimum Gasteiger partial charge on any atom is -0.339 e. The molecule has 2 N–H and O–H groups in total. The number of sulfonamides is 1. The average Bonchev–Trinajstić information content (AvgIpc) is 3.22. The van der Waals surface area contributed by atoms with Gasteiger partial charge in [-0.3, -0.25) is 0 Å². The van der Waals surface area contributed by atoms with Crippen LogP contribution in [0.25, 0.3) is 11.4 Å². The van der Waals surface area contributed by atoms with E-state index in [0.29, 0.717) is 17.4 Å². The fourth-order valence-electron chi connectivity index (χ4n) is 3.00. The minimum absolute atomic E-state index is 0.116. The van der Waals surface area contributed by atoms with E-state index < -0.39 is 10.0 Å². The van der Waals surface area contributed by atoms with Gasteiger partial charge in [-0.05, 0) is 30.9 Å². The van der Waals surface area contributed by atoms with Crippen molar-refractivity contribution < 1.29 is 12.9 Å². The molecule has 7 nitrogen and oxygen atoms in total. The van der Waals surface area contributed by atoms with Crippen molar-refractivity contribution in [1.29, 1.82) is 0 Å². The molecule has 4 rings (SSSR count). The monoisotopic (exact) mass is 356 g/mol. The van der Waals surface area contributed by atoms with E-state index in [-0.39, 0.29) is 16.9 Å². The average molecular weight is 356 g/mol. The fourth-order valence-corrected chi connectivity index (χ4v) is 3.52. The highest BCUT2D eigenvalue weighted by Gasteiger charge is 2.44. The van der Waals surface area contributed by atoms with Crippen molar-refractivity contribution in [2.24, 2.45) is 5.14 Å². The quantitative estimate of drug-likeness (QED) is 0.768. The minimum atomic E-state index is -3.79. The van der Waals surface area contributed by atoms with E-state index in [1.54, 1.807) is 13.0 Å². The summed E-state index contributed by atoms with van der Waals surface area (Å²) in [7, 11) is -3.79. The molecule has 0 aliphatic heterocycles. The van der Waals surface area contributed by atoms with Crippen LogP contribution in [-0.4, -0.2) is 23.5 Å². The van der Waals surface area contributed by atoms with Crippen molar-refractivity contribution in [3.05, 3.63) is 59.6 Å². The van der Waals surface area contributed by atoms with Gasteiger partial charge < -0.3 is 4.52 Å². The number of hydrogen-bond acceptors (Lipinski definition) is 6. The van der Waals surface area contributed by atoms with E-state index in [9.17, 15) is 8.42 Å². The molecule has 1 aliphatic rings. The second-order valence-corrected chi connectivity index (χ2v) is 7.65. The van der Waals surface area contributed by atoms with Crippen molar-refractivity contribution in [2.75, 3.05) is 0 Å². The summed E-state index contributed by atoms with van der Waals surface area (Å²) >= 11 is 0. The number of nitrogens with two attached hydrogens (primary N) is 1. The number of pyridine rings is 1. The molecule has 1 saturated carbocycles. The fraction of sp³-hybridized carbons (Fsp3) is 0.235. The van der Waals surface area contributed by atoms with Crippen molar-refractivity contribution in [2.45, 2.75) is 30.2 Å². The highest BCUT2D eigenvalue weighted by molar-refractivity contribution is 7.89. The topological polar surface area (TPSA) is 112 Å². The summed E-state index contributed by atoms with van der Waals surface area (Å²) in [4.78, 5) is 8.60. The molecule has 0 saturated heterocycles. The zero-order valence-electron chi connectivity index (χ0n) is 13.5. The van der Waals surface area contributed by atoms with Gasteiger partial charge in [-0.25, -0.2) is 18.5 Å². The van der Waals surface area contributed by atoms with E-state index in [0.717, 1.165) is 17.5 Å². The van der Waals surface area contributed by atoms with Gasteiger partial charge in [0.05, 0.1) is 0 Å². The Kier molecular flexibility index (Phi) is 3.66. The summed E-state index contributed by atoms with van der Waals surface area (Å²) in [5.41, 5.74) is 2.55. The number of nitrogens with zero attached hydrogens (tertiary/aromatic N) is 3. The van der Waals surface area contributed by atoms with Crippen LogP contribution in [0.1, 0.15) is 35.4 Å². The van der Waals surface area contributed by atoms with Crippen molar-refractivity contribution in [1.82, 2.24) is 15.1 Å². The molecule has 8 heteroatoms. The molecule has 2 aromatic heterocycles. The first-order valence-corrected chi connectivity index (χ1v) is 9.37. The zero-order valence-corrected chi connectivity index (χ0v) is 14.3. The molecule has 1 aromatic carbocycles. The maximum atomic E-state index is 11.4. The van der Waals surface area contributed by atoms with E-state index in [1.807, 2.05) is 30.3 Å². The Labute approximate surface area is 145 Å². The Bertz CT molecular complexity index is 1030. The van der Waals surface area contributed by atoms with Gasteiger partial charge in [0.2, 0.25) is 11.7 Å². The molecule has 0 amide bonds. The van der Waals surface area contributed by atoms with Gasteiger partial charge in [-0.1, -0.05) is 41.6 Å². The second-order valence-electron chi connectivity index (χ2n) is 6.14. The van der Waals surface area contributed by atoms with Gasteiger partial charge in [0.25, 0.3) is 10.0 Å². The Morgan fingerprint density at radius 3 is 2.52 bits per heavy atom. The Morgan fingerprint density at radius 2 is 1.84 bits per heavy atom. The lowest BCUT2D eigenvalue weighted by Gasteiger charge is -2.05. The number of aryl methyl sites for hydroxylation is 1. The first-order valence-electron chi connectivity index (χ1n) is 7.83. The molecule has 0 bridgehead atoms. The Hall–Kier alpha value is -2.58. The van der Waals surface area contributed by atoms with Crippen LogP contribution in [0, 0.1) is 6.92 Å². The smallest absolute Gasteiger partial charge is 0.255 e. The van der Waals surface area contributed by atoms with E-state index in [2.05, 4.69) is 15.1 Å². The van der Waals surface area contributed by atoms with Crippen LogP contribution in [-0.2, 0) is 10.0 Å². The highest BCUT2D eigenvalue weighted by atomic mass is 32.2. The van der Waals surface area contributed by atoms with Crippen LogP contribution in [0.2, 0.25) is 0 Å². The normalized spacial score (nSPS) is 19.8. The largest absolute Gasteiger partial charge is 0.339 e. The summed E-state index contributed by atoms with van der Waals surface area (Å²) < 4.78 is 28.2. The van der Waals surface area contributed by atoms with Crippen LogP contribution in [0.5, 0.6) is 0 Å². The van der Waals surface area contributed by atoms with Crippen molar-refractivity contribution in [3.63, 3.8) is 0 Å². The Morgan fingerprint density at radius 1 is 1.08 bits per heavy atom. The summed E-state index contributed by atoms with van der Waals surface area (Å²) in [6, 6.07) is 12.8. The molecule has 2 heterocycles. The van der Waals surface area contributed by atoms with Crippen LogP contribution in [0.3, 0.4) is 0 Å². The van der Waals surface area contributed by atoms with Crippen molar-refractivity contribution >= 4 is 10.0 Å². The Balaban J connectivity index is 1.56. The molecule has 2 atom stereocenters. The number of primary sulfonamides is 1. The molecule has 0 spiro atoms. The predicted octanol–water partition coefficient (Wildman–Crippen LogP) is 2.36. The molecule has 2 unspecified atom stereocenters. The summed E-state index contributed by atoms with van der Waals surface area (Å²) in [6.45, 7) is 1.78. The van der Waals surface area contributed by atoms with Crippen molar-refractivity contribution in [3.8, 4) is 11.4 Å². The maximum absolute atomic E-state index is 11.4. The lowest BCUT2D eigenvalue weighted by Crippen LogP contribution is -2.14. The maximum Gasteiger partial charge on any atom is 0.255 e. The SMILES string of the molecule is Cc1nc(S(N)(=O)=O)ccc1C1CC1c1nc(-c2ccccc2)no1. The van der Waals surface area contributed by atoms with Gasteiger partial charge in [0.15, 0.2) is 5.03 Å². The molecule has 1 aliphatic carbocycles. The summed E-state index contributed by atoms with van der Waals surface area (Å²) in [6.07, 6.45) is 0.869. The first kappa shape index (κ1) is 15.9. The number of hydrogen-bond donors (Lipinski definition) is 1. The third kappa shape index (κ3) is 3.06.